The van der Waals surface area contributed by atoms with Crippen LogP contribution in [0.1, 0.15) is 16.8 Å². The highest BCUT2D eigenvalue weighted by Crippen LogP contribution is 2.12. The molecule has 0 atom stereocenters. The van der Waals surface area contributed by atoms with E-state index in [9.17, 15) is 8.42 Å². The van der Waals surface area contributed by atoms with E-state index < -0.39 is 10.0 Å². The number of nitrogens with one attached hydrogen (secondary N) is 1. The molecule has 5 nitrogen and oxygen atoms in total. The van der Waals surface area contributed by atoms with Gasteiger partial charge in [-0.15, -0.1) is 0 Å². The molecule has 0 amide bonds. The molecule has 0 aliphatic rings. The van der Waals surface area contributed by atoms with Gasteiger partial charge < -0.3 is 5.73 Å². The molecule has 0 unspecified atom stereocenters. The number of sulfonamides is 1. The smallest absolute Gasteiger partial charge is 0.240 e. The predicted octanol–water partition coefficient (Wildman–Crippen LogP) is 1.50. The summed E-state index contributed by atoms with van der Waals surface area (Å²) in [5.41, 5.74) is 7.70. The van der Waals surface area contributed by atoms with E-state index in [1.54, 1.807) is 18.3 Å². The van der Waals surface area contributed by atoms with Gasteiger partial charge in [-0.1, -0.05) is 30.4 Å². The fraction of sp³-hybridized carbons (Fsp3) is 0.143. The molecule has 2 aromatic rings. The van der Waals surface area contributed by atoms with Crippen molar-refractivity contribution in [1.29, 1.82) is 0 Å². The largest absolute Gasteiger partial charge is 0.389 e. The minimum absolute atomic E-state index is 0.132. The van der Waals surface area contributed by atoms with E-state index in [1.165, 1.54) is 12.1 Å². The van der Waals surface area contributed by atoms with Crippen molar-refractivity contribution in [2.75, 3.05) is 0 Å². The van der Waals surface area contributed by atoms with Crippen LogP contribution in [-0.4, -0.2) is 18.4 Å². The van der Waals surface area contributed by atoms with Crippen LogP contribution in [0.15, 0.2) is 47.5 Å². The van der Waals surface area contributed by atoms with Gasteiger partial charge in [-0.2, -0.15) is 0 Å². The lowest BCUT2D eigenvalue weighted by atomic mass is 10.2. The van der Waals surface area contributed by atoms with E-state index >= 15 is 0 Å². The summed E-state index contributed by atoms with van der Waals surface area (Å²) in [5.74, 6) is 0. The number of nitrogens with two attached hydrogens (primary N) is 1. The Hall–Kier alpha value is -1.83. The molecule has 1 aromatic carbocycles. The van der Waals surface area contributed by atoms with Crippen molar-refractivity contribution in [2.24, 2.45) is 5.73 Å². The Morgan fingerprint density at radius 1 is 1.33 bits per heavy atom. The van der Waals surface area contributed by atoms with E-state index in [2.05, 4.69) is 9.71 Å². The first-order chi connectivity index (χ1) is 9.88. The third kappa shape index (κ3) is 4.07. The number of nitrogens with zero attached hydrogens (tertiary/aromatic N) is 1. The molecule has 0 radical (unpaired) electrons. The van der Waals surface area contributed by atoms with Gasteiger partial charge in [0.05, 0.1) is 4.90 Å². The first-order valence-corrected chi connectivity index (χ1v) is 8.09. The fourth-order valence-electron chi connectivity index (χ4n) is 1.68. The lowest BCUT2D eigenvalue weighted by Gasteiger charge is -2.08. The number of hydrogen-bond donors (Lipinski definition) is 2. The molecule has 2 rings (SSSR count). The number of hydrogen-bond acceptors (Lipinski definition) is 4. The third-order valence-corrected chi connectivity index (χ3v) is 4.50. The highest BCUT2D eigenvalue weighted by molar-refractivity contribution is 7.89. The Morgan fingerprint density at radius 3 is 2.71 bits per heavy atom. The van der Waals surface area contributed by atoms with Crippen LogP contribution in [-0.2, 0) is 16.6 Å². The number of pyridine rings is 1. The summed E-state index contributed by atoms with van der Waals surface area (Å²) in [6.07, 6.45) is 1.64. The molecular formula is C14H15N3O2S2. The highest BCUT2D eigenvalue weighted by atomic mass is 32.2. The lowest BCUT2D eigenvalue weighted by Crippen LogP contribution is -2.23. The van der Waals surface area contributed by atoms with Crippen LogP contribution < -0.4 is 10.5 Å². The summed E-state index contributed by atoms with van der Waals surface area (Å²) in [7, 11) is -3.62. The summed E-state index contributed by atoms with van der Waals surface area (Å²) < 4.78 is 27.0. The van der Waals surface area contributed by atoms with Crippen molar-refractivity contribution in [3.8, 4) is 0 Å². The van der Waals surface area contributed by atoms with E-state index in [-0.39, 0.29) is 16.4 Å². The van der Waals surface area contributed by atoms with Crippen LogP contribution in [0, 0.1) is 6.92 Å². The van der Waals surface area contributed by atoms with Gasteiger partial charge in [-0.05, 0) is 30.7 Å². The van der Waals surface area contributed by atoms with Crippen molar-refractivity contribution in [3.05, 3.63) is 59.4 Å². The van der Waals surface area contributed by atoms with Gasteiger partial charge in [0.25, 0.3) is 0 Å². The number of aryl methyl sites for hydroxylation is 1. The molecule has 110 valence electrons. The monoisotopic (exact) mass is 321 g/mol. The van der Waals surface area contributed by atoms with Crippen LogP contribution in [0.4, 0.5) is 0 Å². The summed E-state index contributed by atoms with van der Waals surface area (Å²) in [6.45, 7) is 2.04. The third-order valence-electron chi connectivity index (χ3n) is 2.87. The minimum Gasteiger partial charge on any atom is -0.389 e. The highest BCUT2D eigenvalue weighted by Gasteiger charge is 2.14. The number of benzene rings is 1. The lowest BCUT2D eigenvalue weighted by molar-refractivity contribution is 0.581. The average Bonchev–Trinajstić information content (AvgIpc) is 2.47. The number of rotatable bonds is 5. The predicted molar refractivity (Wildman–Crippen MR) is 85.3 cm³/mol. The zero-order valence-corrected chi connectivity index (χ0v) is 13.0. The van der Waals surface area contributed by atoms with Gasteiger partial charge in [0, 0.05) is 24.0 Å². The molecule has 1 aromatic heterocycles. The maximum Gasteiger partial charge on any atom is 0.240 e. The summed E-state index contributed by atoms with van der Waals surface area (Å²) >= 11 is 4.85. The molecule has 7 heteroatoms. The van der Waals surface area contributed by atoms with Gasteiger partial charge in [-0.25, -0.2) is 13.1 Å². The number of aromatic nitrogens is 1. The summed E-state index contributed by atoms with van der Waals surface area (Å²) in [6, 6.07) is 9.89. The molecule has 0 spiro atoms. The van der Waals surface area contributed by atoms with Crippen LogP contribution in [0.25, 0.3) is 0 Å². The standard InChI is InChI=1S/C14H15N3O2S2/c1-10-5-6-11(8-16-10)9-17-21(18,19)13-4-2-3-12(7-13)14(15)20/h2-8,17H,9H2,1H3,(H2,15,20). The van der Waals surface area contributed by atoms with E-state index in [4.69, 9.17) is 18.0 Å². The number of thiocarbonyl (C=S) groups is 1. The van der Waals surface area contributed by atoms with Crippen molar-refractivity contribution in [1.82, 2.24) is 9.71 Å². The molecule has 0 aliphatic carbocycles. The second-order valence-corrected chi connectivity index (χ2v) is 6.73. The topological polar surface area (TPSA) is 85.1 Å². The molecule has 0 saturated heterocycles. The van der Waals surface area contributed by atoms with Crippen molar-refractivity contribution in [2.45, 2.75) is 18.4 Å². The Kier molecular flexibility index (Phi) is 4.66. The fourth-order valence-corrected chi connectivity index (χ4v) is 2.87. The Morgan fingerprint density at radius 2 is 2.10 bits per heavy atom. The molecule has 0 saturated carbocycles. The Bertz CT molecular complexity index is 756. The first kappa shape index (κ1) is 15.6. The van der Waals surface area contributed by atoms with Crippen LogP contribution >= 0.6 is 12.2 Å². The second-order valence-electron chi connectivity index (χ2n) is 4.52. The zero-order chi connectivity index (χ0) is 15.5. The quantitative estimate of drug-likeness (QED) is 0.815. The van der Waals surface area contributed by atoms with Crippen LogP contribution in [0.2, 0.25) is 0 Å². The first-order valence-electron chi connectivity index (χ1n) is 6.19. The average molecular weight is 321 g/mol. The maximum atomic E-state index is 12.2. The van der Waals surface area contributed by atoms with E-state index in [0.29, 0.717) is 5.56 Å². The zero-order valence-electron chi connectivity index (χ0n) is 11.4. The molecule has 0 fully saturated rings. The van der Waals surface area contributed by atoms with Crippen molar-refractivity contribution < 1.29 is 8.42 Å². The summed E-state index contributed by atoms with van der Waals surface area (Å²) in [4.78, 5) is 4.42. The van der Waals surface area contributed by atoms with E-state index in [1.807, 2.05) is 19.1 Å². The molecule has 21 heavy (non-hydrogen) atoms. The Labute approximate surface area is 129 Å². The Balaban J connectivity index is 2.16. The van der Waals surface area contributed by atoms with Crippen LogP contribution in [0.5, 0.6) is 0 Å². The molecule has 3 N–H and O–H groups in total. The van der Waals surface area contributed by atoms with Crippen LogP contribution in [0.3, 0.4) is 0 Å². The van der Waals surface area contributed by atoms with Gasteiger partial charge in [0.2, 0.25) is 10.0 Å². The van der Waals surface area contributed by atoms with Crippen molar-refractivity contribution in [3.63, 3.8) is 0 Å². The molecule has 0 aliphatic heterocycles. The van der Waals surface area contributed by atoms with Gasteiger partial charge in [0.15, 0.2) is 0 Å². The van der Waals surface area contributed by atoms with E-state index in [0.717, 1.165) is 11.3 Å². The van der Waals surface area contributed by atoms with Gasteiger partial charge in [0.1, 0.15) is 4.99 Å². The minimum atomic E-state index is -3.62. The normalized spacial score (nSPS) is 11.3. The molecule has 1 heterocycles. The molecule has 0 bridgehead atoms. The van der Waals surface area contributed by atoms with Gasteiger partial charge >= 0.3 is 0 Å². The maximum absolute atomic E-state index is 12.2. The SMILES string of the molecule is Cc1ccc(CNS(=O)(=O)c2cccc(C(N)=S)c2)cn1. The summed E-state index contributed by atoms with van der Waals surface area (Å²) in [5, 5.41) is 0. The van der Waals surface area contributed by atoms with Gasteiger partial charge in [-0.3, -0.25) is 4.98 Å². The molecular weight excluding hydrogens is 306 g/mol. The van der Waals surface area contributed by atoms with Crippen molar-refractivity contribution >= 4 is 27.2 Å². The second kappa shape index (κ2) is 6.30.